The van der Waals surface area contributed by atoms with Gasteiger partial charge in [-0.15, -0.1) is 0 Å². The van der Waals surface area contributed by atoms with E-state index in [9.17, 15) is 9.59 Å². The van der Waals surface area contributed by atoms with Crippen LogP contribution in [0.25, 0.3) is 0 Å². The number of benzene rings is 1. The molecule has 2 aliphatic rings. The van der Waals surface area contributed by atoms with Gasteiger partial charge in [0.15, 0.2) is 5.78 Å². The minimum atomic E-state index is 0.0684. The second-order valence-electron chi connectivity index (χ2n) is 5.90. The number of ketones is 1. The molecule has 3 rings (SSSR count). The van der Waals surface area contributed by atoms with Crippen molar-refractivity contribution in [2.24, 2.45) is 5.92 Å². The number of hydrogen-bond acceptors (Lipinski definition) is 3. The minimum Gasteiger partial charge on any atom is -0.353 e. The summed E-state index contributed by atoms with van der Waals surface area (Å²) < 4.78 is 0. The van der Waals surface area contributed by atoms with Crippen LogP contribution >= 0.6 is 11.6 Å². The van der Waals surface area contributed by atoms with Crippen molar-refractivity contribution in [3.63, 3.8) is 0 Å². The molecule has 2 unspecified atom stereocenters. The number of piperidine rings is 2. The van der Waals surface area contributed by atoms with Crippen LogP contribution in [0.2, 0.25) is 5.02 Å². The molecule has 1 N–H and O–H groups in total. The Morgan fingerprint density at radius 3 is 2.95 bits per heavy atom. The van der Waals surface area contributed by atoms with Gasteiger partial charge in [-0.2, -0.15) is 0 Å². The van der Waals surface area contributed by atoms with E-state index in [2.05, 4.69) is 10.2 Å². The molecule has 0 spiro atoms. The number of rotatable bonds is 3. The number of Topliss-reactive ketones (excluding diaryl/α,β-unsaturated/α-hetero) is 1. The maximum Gasteiger partial charge on any atom is 0.220 e. The van der Waals surface area contributed by atoms with Crippen LogP contribution in [-0.2, 0) is 4.79 Å². The second-order valence-corrected chi connectivity index (χ2v) is 6.31. The van der Waals surface area contributed by atoms with Gasteiger partial charge in [0, 0.05) is 31.1 Å². The fraction of sp³-hybridized carbons (Fsp3) is 0.500. The van der Waals surface area contributed by atoms with Crippen molar-refractivity contribution in [1.82, 2.24) is 10.2 Å². The molecule has 1 aromatic rings. The Morgan fingerprint density at radius 2 is 2.14 bits per heavy atom. The summed E-state index contributed by atoms with van der Waals surface area (Å²) in [6.45, 7) is 2.12. The lowest BCUT2D eigenvalue weighted by Crippen LogP contribution is -2.54. The van der Waals surface area contributed by atoms with Gasteiger partial charge in [-0.05, 0) is 30.9 Å². The van der Waals surface area contributed by atoms with Gasteiger partial charge < -0.3 is 5.32 Å². The van der Waals surface area contributed by atoms with Crippen LogP contribution in [0.3, 0.4) is 0 Å². The summed E-state index contributed by atoms with van der Waals surface area (Å²) in [7, 11) is 0. The number of amides is 1. The first-order chi connectivity index (χ1) is 10.1. The molecule has 112 valence electrons. The van der Waals surface area contributed by atoms with Gasteiger partial charge in [-0.3, -0.25) is 14.5 Å². The SMILES string of the molecule is O=C1CCC2CN(CC(=O)c3ccccc3Cl)CCC2N1. The third-order valence-corrected chi connectivity index (χ3v) is 4.78. The largest absolute Gasteiger partial charge is 0.353 e. The maximum atomic E-state index is 12.3. The molecule has 2 fully saturated rings. The van der Waals surface area contributed by atoms with Crippen molar-refractivity contribution in [2.45, 2.75) is 25.3 Å². The Kier molecular flexibility index (Phi) is 4.27. The Balaban J connectivity index is 1.61. The highest BCUT2D eigenvalue weighted by atomic mass is 35.5. The summed E-state index contributed by atoms with van der Waals surface area (Å²) in [4.78, 5) is 25.9. The highest BCUT2D eigenvalue weighted by molar-refractivity contribution is 6.34. The summed E-state index contributed by atoms with van der Waals surface area (Å²) in [5, 5.41) is 3.58. The van der Waals surface area contributed by atoms with E-state index in [0.29, 0.717) is 29.5 Å². The number of nitrogens with one attached hydrogen (secondary N) is 1. The molecule has 0 aromatic heterocycles. The van der Waals surface area contributed by atoms with E-state index in [4.69, 9.17) is 11.6 Å². The first-order valence-corrected chi connectivity index (χ1v) is 7.81. The van der Waals surface area contributed by atoms with Crippen LogP contribution in [0.4, 0.5) is 0 Å². The van der Waals surface area contributed by atoms with Crippen LogP contribution in [0.15, 0.2) is 24.3 Å². The molecule has 0 bridgehead atoms. The van der Waals surface area contributed by atoms with Crippen LogP contribution in [0.5, 0.6) is 0 Å². The van der Waals surface area contributed by atoms with Crippen LogP contribution in [0.1, 0.15) is 29.6 Å². The Hall–Kier alpha value is -1.39. The van der Waals surface area contributed by atoms with Gasteiger partial charge in [-0.1, -0.05) is 23.7 Å². The molecule has 2 heterocycles. The topological polar surface area (TPSA) is 49.4 Å². The molecule has 0 aliphatic carbocycles. The second kappa shape index (κ2) is 6.16. The van der Waals surface area contributed by atoms with Gasteiger partial charge >= 0.3 is 0 Å². The van der Waals surface area contributed by atoms with Crippen LogP contribution in [-0.4, -0.2) is 42.3 Å². The Bertz CT molecular complexity index is 561. The normalized spacial score (nSPS) is 26.0. The molecule has 2 atom stereocenters. The third kappa shape index (κ3) is 3.27. The zero-order valence-corrected chi connectivity index (χ0v) is 12.6. The zero-order chi connectivity index (χ0) is 14.8. The number of nitrogens with zero attached hydrogens (tertiary/aromatic N) is 1. The smallest absolute Gasteiger partial charge is 0.220 e. The molecule has 1 amide bonds. The van der Waals surface area contributed by atoms with Gasteiger partial charge in [0.1, 0.15) is 0 Å². The fourth-order valence-electron chi connectivity index (χ4n) is 3.30. The lowest BCUT2D eigenvalue weighted by molar-refractivity contribution is -0.125. The van der Waals surface area contributed by atoms with E-state index in [0.717, 1.165) is 25.9 Å². The van der Waals surface area contributed by atoms with Gasteiger partial charge in [0.2, 0.25) is 5.91 Å². The highest BCUT2D eigenvalue weighted by Crippen LogP contribution is 2.25. The number of likely N-dealkylation sites (tertiary alicyclic amines) is 1. The molecule has 5 heteroatoms. The predicted molar refractivity (Wildman–Crippen MR) is 81.5 cm³/mol. The van der Waals surface area contributed by atoms with Gasteiger partial charge in [-0.25, -0.2) is 0 Å². The standard InChI is InChI=1S/C16H19ClN2O2/c17-13-4-2-1-3-12(13)15(20)10-19-8-7-14-11(9-19)5-6-16(21)18-14/h1-4,11,14H,5-10H2,(H,18,21). The number of carbonyl (C=O) groups excluding carboxylic acids is 2. The fourth-order valence-corrected chi connectivity index (χ4v) is 3.55. The van der Waals surface area contributed by atoms with Crippen LogP contribution < -0.4 is 5.32 Å². The van der Waals surface area contributed by atoms with Crippen molar-refractivity contribution < 1.29 is 9.59 Å². The van der Waals surface area contributed by atoms with Crippen LogP contribution in [0, 0.1) is 5.92 Å². The monoisotopic (exact) mass is 306 g/mol. The summed E-state index contributed by atoms with van der Waals surface area (Å²) in [6, 6.07) is 7.48. The third-order valence-electron chi connectivity index (χ3n) is 4.45. The lowest BCUT2D eigenvalue weighted by atomic mass is 9.85. The van der Waals surface area contributed by atoms with E-state index >= 15 is 0 Å². The van der Waals surface area contributed by atoms with E-state index in [1.54, 1.807) is 12.1 Å². The maximum absolute atomic E-state index is 12.3. The molecule has 4 nitrogen and oxygen atoms in total. The summed E-state index contributed by atoms with van der Waals surface area (Å²) in [5.41, 5.74) is 0.596. The first-order valence-electron chi connectivity index (χ1n) is 7.43. The van der Waals surface area contributed by atoms with Crippen molar-refractivity contribution in [3.05, 3.63) is 34.9 Å². The molecule has 1 aromatic carbocycles. The van der Waals surface area contributed by atoms with Crippen molar-refractivity contribution >= 4 is 23.3 Å². The molecular weight excluding hydrogens is 288 g/mol. The lowest BCUT2D eigenvalue weighted by Gasteiger charge is -2.41. The van der Waals surface area contributed by atoms with Crippen molar-refractivity contribution in [2.75, 3.05) is 19.6 Å². The molecule has 2 saturated heterocycles. The molecule has 0 radical (unpaired) electrons. The van der Waals surface area contributed by atoms with E-state index < -0.39 is 0 Å². The summed E-state index contributed by atoms with van der Waals surface area (Å²) >= 11 is 6.08. The van der Waals surface area contributed by atoms with Gasteiger partial charge in [0.05, 0.1) is 11.6 Å². The predicted octanol–water partition coefficient (Wildman–Crippen LogP) is 2.12. The number of hydrogen-bond donors (Lipinski definition) is 1. The average Bonchev–Trinajstić information content (AvgIpc) is 2.48. The Labute approximate surface area is 129 Å². The number of halogens is 1. The molecular formula is C16H19ClN2O2. The quantitative estimate of drug-likeness (QED) is 0.870. The summed E-state index contributed by atoms with van der Waals surface area (Å²) in [6.07, 6.45) is 2.45. The highest BCUT2D eigenvalue weighted by Gasteiger charge is 2.34. The minimum absolute atomic E-state index is 0.0684. The first kappa shape index (κ1) is 14.5. The molecule has 2 aliphatic heterocycles. The average molecular weight is 307 g/mol. The van der Waals surface area contributed by atoms with E-state index in [1.807, 2.05) is 12.1 Å². The molecule has 0 saturated carbocycles. The van der Waals surface area contributed by atoms with Crippen molar-refractivity contribution in [3.8, 4) is 0 Å². The number of fused-ring (bicyclic) bond motifs is 1. The molecule has 21 heavy (non-hydrogen) atoms. The Morgan fingerprint density at radius 1 is 1.33 bits per heavy atom. The van der Waals surface area contributed by atoms with Crippen molar-refractivity contribution in [1.29, 1.82) is 0 Å². The summed E-state index contributed by atoms with van der Waals surface area (Å²) in [5.74, 6) is 0.700. The van der Waals surface area contributed by atoms with E-state index in [1.165, 1.54) is 0 Å². The van der Waals surface area contributed by atoms with E-state index in [-0.39, 0.29) is 17.7 Å². The number of carbonyl (C=O) groups is 2. The van der Waals surface area contributed by atoms with Gasteiger partial charge in [0.25, 0.3) is 0 Å². The zero-order valence-electron chi connectivity index (χ0n) is 11.8.